The van der Waals surface area contributed by atoms with Gasteiger partial charge < -0.3 is 24.6 Å². The Labute approximate surface area is 321 Å². The molecule has 0 radical (unpaired) electrons. The molecule has 250 valence electrons. The van der Waals surface area contributed by atoms with E-state index in [-0.39, 0.29) is 81.6 Å². The molecule has 0 aliphatic carbocycles. The summed E-state index contributed by atoms with van der Waals surface area (Å²) in [7, 11) is -5.04. The van der Waals surface area contributed by atoms with Crippen molar-refractivity contribution in [3.63, 3.8) is 0 Å². The van der Waals surface area contributed by atoms with Crippen LogP contribution in [0.25, 0.3) is 0 Å². The van der Waals surface area contributed by atoms with E-state index < -0.39 is 7.82 Å². The second-order valence-electron chi connectivity index (χ2n) is 14.0. The number of carbonyl (C=O) groups is 1. The van der Waals surface area contributed by atoms with E-state index in [1.165, 1.54) is 96.3 Å². The summed E-state index contributed by atoms with van der Waals surface area (Å²) in [5.74, 6) is -0.0372. The molecule has 1 amide bonds. The zero-order valence-electron chi connectivity index (χ0n) is 30.7. The van der Waals surface area contributed by atoms with E-state index in [9.17, 15) is 19.1 Å². The van der Waals surface area contributed by atoms with E-state index in [0.29, 0.717) is 12.0 Å². The Hall–Kier alpha value is 0.380. The number of phosphoric ester groups is 1. The van der Waals surface area contributed by atoms with Gasteiger partial charge in [-0.15, -0.1) is 0 Å². The van der Waals surface area contributed by atoms with Gasteiger partial charge in [-0.3, -0.25) is 4.79 Å². The molecule has 0 heterocycles. The van der Waals surface area contributed by atoms with Crippen molar-refractivity contribution in [2.45, 2.75) is 175 Å². The zero-order valence-corrected chi connectivity index (χ0v) is 35.6. The van der Waals surface area contributed by atoms with Crippen LogP contribution >= 0.6 is 7.82 Å². The summed E-state index contributed by atoms with van der Waals surface area (Å²) in [5.41, 5.74) is 6.53. The largest absolute Gasteiger partial charge is 1.00 e. The molecular weight excluding hydrogens is 603 g/mol. The average Bonchev–Trinajstić information content (AvgIpc) is 2.88. The van der Waals surface area contributed by atoms with E-state index >= 15 is 0 Å². The number of hydrogen-bond acceptors (Lipinski definition) is 5. The fourth-order valence-electron chi connectivity index (χ4n) is 4.86. The topological polar surface area (TPSA) is 116 Å². The fraction of sp³-hybridized carbons (Fsp3) is 0.750. The third-order valence-electron chi connectivity index (χ3n) is 7.55. The second-order valence-corrected chi connectivity index (χ2v) is 15.0. The van der Waals surface area contributed by atoms with Crippen molar-refractivity contribution in [1.29, 1.82) is 0 Å². The molecule has 1 aromatic rings. The van der Waals surface area contributed by atoms with Crippen LogP contribution in [-0.2, 0) is 20.2 Å². The van der Waals surface area contributed by atoms with Crippen molar-refractivity contribution in [3.05, 3.63) is 41.5 Å². The van der Waals surface area contributed by atoms with Gasteiger partial charge in [0.15, 0.2) is 0 Å². The zero-order chi connectivity index (χ0) is 32.8. The summed E-state index contributed by atoms with van der Waals surface area (Å²) in [6, 6.07) is 5.26. The summed E-state index contributed by atoms with van der Waals surface area (Å²) in [4.78, 5) is 32.2. The molecule has 9 heteroatoms. The molecule has 2 N–H and O–H groups in total. The molecule has 45 heavy (non-hydrogen) atoms. The van der Waals surface area contributed by atoms with Gasteiger partial charge in [-0.1, -0.05) is 150 Å². The van der Waals surface area contributed by atoms with E-state index in [1.54, 1.807) is 12.1 Å². The van der Waals surface area contributed by atoms with Crippen LogP contribution in [0.5, 0.6) is 5.75 Å². The first-order chi connectivity index (χ1) is 20.1. The number of amides is 1. The first-order valence-corrected chi connectivity index (χ1v) is 18.3. The summed E-state index contributed by atoms with van der Waals surface area (Å²) < 4.78 is 15.4. The standard InChI is InChI=1S/C22H43NO.C14H23O4P.2Na/c1-2-3-4-5-6-7-8-9-10-11-12-13-14-15-16-17-18-19-20-21-22(23)24;1-13(2,3)10-7-8-12(18-19(15,16)17)11(9-10)14(4,5)6;;/h9-10H,2-8,11-21H2,1H3,(H2,23,24);7-9H,1-6H3,(H2,15,16,17);;/q;;2*+1/p-2/b10-9-;;;. The number of hydrogen-bond donors (Lipinski definition) is 1. The molecule has 0 aliphatic heterocycles. The molecule has 0 bridgehead atoms. The first-order valence-electron chi connectivity index (χ1n) is 16.9. The minimum Gasteiger partial charge on any atom is -0.780 e. The number of rotatable bonds is 21. The Morgan fingerprint density at radius 2 is 1.16 bits per heavy atom. The van der Waals surface area contributed by atoms with E-state index in [1.807, 2.05) is 26.8 Å². The maximum Gasteiger partial charge on any atom is 1.00 e. The summed E-state index contributed by atoms with van der Waals surface area (Å²) >= 11 is 0. The number of carbonyl (C=O) groups excluding carboxylic acids is 1. The van der Waals surface area contributed by atoms with Gasteiger partial charge in [0.05, 0.1) is 0 Å². The number of phosphoric acid groups is 1. The van der Waals surface area contributed by atoms with Gasteiger partial charge in [-0.2, -0.15) is 0 Å². The molecule has 0 saturated carbocycles. The number of unbranched alkanes of at least 4 members (excludes halogenated alkanes) is 15. The van der Waals surface area contributed by atoms with Gasteiger partial charge in [0, 0.05) is 12.0 Å². The molecule has 0 saturated heterocycles. The van der Waals surface area contributed by atoms with Crippen LogP contribution in [0.4, 0.5) is 0 Å². The molecule has 0 unspecified atom stereocenters. The van der Waals surface area contributed by atoms with Gasteiger partial charge in [-0.25, -0.2) is 0 Å². The quantitative estimate of drug-likeness (QED) is 0.0932. The predicted octanol–water partition coefficient (Wildman–Crippen LogP) is 3.57. The summed E-state index contributed by atoms with van der Waals surface area (Å²) in [5, 5.41) is 0. The van der Waals surface area contributed by atoms with Gasteiger partial charge in [-0.05, 0) is 54.6 Å². The van der Waals surface area contributed by atoms with Crippen LogP contribution in [0, 0.1) is 0 Å². The van der Waals surface area contributed by atoms with Crippen LogP contribution in [0.1, 0.15) is 175 Å². The number of primary amides is 1. The van der Waals surface area contributed by atoms with E-state index in [4.69, 9.17) is 5.73 Å². The van der Waals surface area contributed by atoms with Gasteiger partial charge >= 0.3 is 59.1 Å². The molecule has 0 fully saturated rings. The maximum absolute atomic E-state index is 10.8. The predicted molar refractivity (Wildman–Crippen MR) is 179 cm³/mol. The number of nitrogens with two attached hydrogens (primary N) is 1. The Bertz CT molecular complexity index is 952. The molecule has 0 spiro atoms. The molecule has 6 nitrogen and oxygen atoms in total. The first kappa shape index (κ1) is 49.8. The SMILES string of the molecule is CC(C)(C)c1ccc(OP(=O)([O-])[O-])c(C(C)(C)C)c1.CCCCCCCC/C=C\CCCCCCCCCCCC(N)=O.[Na+].[Na+]. The fourth-order valence-corrected chi connectivity index (χ4v) is 5.26. The van der Waals surface area contributed by atoms with Crippen molar-refractivity contribution >= 4 is 13.7 Å². The van der Waals surface area contributed by atoms with Gasteiger partial charge in [0.1, 0.15) is 13.6 Å². The average molecular weight is 668 g/mol. The molecular formula is C36H64NNa2O5P. The van der Waals surface area contributed by atoms with Crippen molar-refractivity contribution in [2.75, 3.05) is 0 Å². The minimum absolute atomic E-state index is 0. The summed E-state index contributed by atoms with van der Waals surface area (Å²) in [6.45, 7) is 14.3. The van der Waals surface area contributed by atoms with Crippen LogP contribution in [0.2, 0.25) is 0 Å². The molecule has 0 atom stereocenters. The van der Waals surface area contributed by atoms with Gasteiger partial charge in [0.25, 0.3) is 0 Å². The second kappa shape index (κ2) is 28.2. The normalized spacial score (nSPS) is 11.8. The van der Waals surface area contributed by atoms with Crippen molar-refractivity contribution in [1.82, 2.24) is 0 Å². The maximum atomic E-state index is 10.8. The Morgan fingerprint density at radius 1 is 0.733 bits per heavy atom. The van der Waals surface area contributed by atoms with Crippen LogP contribution in [0.15, 0.2) is 30.4 Å². The molecule has 0 aliphatic rings. The molecule has 1 aromatic carbocycles. The monoisotopic (exact) mass is 667 g/mol. The van der Waals surface area contributed by atoms with E-state index in [0.717, 1.165) is 18.4 Å². The Kier molecular flexibility index (Phi) is 31.2. The number of allylic oxidation sites excluding steroid dienone is 2. The van der Waals surface area contributed by atoms with Crippen LogP contribution in [-0.4, -0.2) is 5.91 Å². The Morgan fingerprint density at radius 3 is 1.53 bits per heavy atom. The van der Waals surface area contributed by atoms with Crippen molar-refractivity contribution in [3.8, 4) is 5.75 Å². The Balaban J connectivity index is -0.000000767. The molecule has 1 rings (SSSR count). The molecule has 0 aromatic heterocycles. The van der Waals surface area contributed by atoms with Crippen LogP contribution in [0.3, 0.4) is 0 Å². The van der Waals surface area contributed by atoms with Crippen LogP contribution < -0.4 is 79.2 Å². The minimum atomic E-state index is -5.04. The number of benzene rings is 1. The van der Waals surface area contributed by atoms with Crippen molar-refractivity contribution in [2.24, 2.45) is 5.73 Å². The third kappa shape index (κ3) is 30.2. The van der Waals surface area contributed by atoms with Gasteiger partial charge in [0.2, 0.25) is 5.91 Å². The van der Waals surface area contributed by atoms with E-state index in [2.05, 4.69) is 44.4 Å². The third-order valence-corrected chi connectivity index (χ3v) is 7.97. The smallest absolute Gasteiger partial charge is 0.780 e. The van der Waals surface area contributed by atoms with Crippen molar-refractivity contribution < 1.29 is 82.8 Å². The summed E-state index contributed by atoms with van der Waals surface area (Å²) in [6.07, 6.45) is 27.8.